The molecule has 7 heteroatoms. The maximum Gasteiger partial charge on any atom is 0.417 e. The summed E-state index contributed by atoms with van der Waals surface area (Å²) >= 11 is 0.799. The Balaban J connectivity index is 2.65. The zero-order chi connectivity index (χ0) is 13.3. The minimum Gasteiger partial charge on any atom is -0.444 e. The first kappa shape index (κ1) is 13.8. The lowest BCUT2D eigenvalue weighted by Crippen LogP contribution is -2.26. The predicted octanol–water partition coefficient (Wildman–Crippen LogP) is 4.11. The first-order valence-electron chi connectivity index (χ1n) is 4.74. The van der Waals surface area contributed by atoms with Crippen LogP contribution in [0.2, 0.25) is 0 Å². The standard InChI is InChI=1S/C10H12F3NO2S/c1-9(2,3)16-8(15)14-7-4-6(5-17-7)10(11,12)13/h4-5H,1-3H3,(H,14,15). The van der Waals surface area contributed by atoms with Gasteiger partial charge in [0.25, 0.3) is 0 Å². The molecule has 0 aliphatic heterocycles. The van der Waals surface area contributed by atoms with Gasteiger partial charge in [-0.2, -0.15) is 13.2 Å². The Kier molecular flexibility index (Phi) is 3.71. The zero-order valence-corrected chi connectivity index (χ0v) is 10.3. The lowest BCUT2D eigenvalue weighted by Gasteiger charge is -2.19. The first-order chi connectivity index (χ1) is 7.58. The van der Waals surface area contributed by atoms with Gasteiger partial charge in [-0.1, -0.05) is 0 Å². The van der Waals surface area contributed by atoms with E-state index in [2.05, 4.69) is 5.32 Å². The summed E-state index contributed by atoms with van der Waals surface area (Å²) in [5.74, 6) is 0. The summed E-state index contributed by atoms with van der Waals surface area (Å²) in [6.07, 6.45) is -5.17. The fraction of sp³-hybridized carbons (Fsp3) is 0.500. The van der Waals surface area contributed by atoms with Crippen molar-refractivity contribution in [3.63, 3.8) is 0 Å². The molecule has 0 saturated carbocycles. The highest BCUT2D eigenvalue weighted by Gasteiger charge is 2.32. The third-order valence-electron chi connectivity index (χ3n) is 1.55. The second-order valence-electron chi connectivity index (χ2n) is 4.32. The van der Waals surface area contributed by atoms with E-state index in [9.17, 15) is 18.0 Å². The summed E-state index contributed by atoms with van der Waals surface area (Å²) in [4.78, 5) is 11.3. The Labute approximate surface area is 101 Å². The maximum atomic E-state index is 12.3. The van der Waals surface area contributed by atoms with E-state index in [1.807, 2.05) is 0 Å². The molecule has 1 aromatic heterocycles. The van der Waals surface area contributed by atoms with E-state index >= 15 is 0 Å². The van der Waals surface area contributed by atoms with Crippen molar-refractivity contribution in [3.8, 4) is 0 Å². The molecule has 96 valence electrons. The Morgan fingerprint density at radius 2 is 1.94 bits per heavy atom. The normalized spacial score (nSPS) is 12.4. The van der Waals surface area contributed by atoms with E-state index < -0.39 is 23.4 Å². The number of carbonyl (C=O) groups is 1. The molecule has 0 radical (unpaired) electrons. The molecule has 3 nitrogen and oxygen atoms in total. The summed E-state index contributed by atoms with van der Waals surface area (Å²) in [6.45, 7) is 5.01. The molecule has 0 saturated heterocycles. The van der Waals surface area contributed by atoms with Crippen molar-refractivity contribution in [2.45, 2.75) is 32.5 Å². The molecular formula is C10H12F3NO2S. The molecule has 0 spiro atoms. The van der Waals surface area contributed by atoms with Gasteiger partial charge in [0.1, 0.15) is 5.60 Å². The molecule has 1 amide bonds. The van der Waals surface area contributed by atoms with E-state index in [1.165, 1.54) is 0 Å². The predicted molar refractivity (Wildman–Crippen MR) is 59.2 cm³/mol. The number of rotatable bonds is 1. The molecule has 1 N–H and O–H groups in total. The SMILES string of the molecule is CC(C)(C)OC(=O)Nc1cc(C(F)(F)F)cs1. The van der Waals surface area contributed by atoms with Crippen LogP contribution in [-0.2, 0) is 10.9 Å². The Morgan fingerprint density at radius 1 is 1.35 bits per heavy atom. The van der Waals surface area contributed by atoms with Gasteiger partial charge in [0, 0.05) is 5.38 Å². The quantitative estimate of drug-likeness (QED) is 0.831. The molecule has 1 rings (SSSR count). The number of thiophene rings is 1. The summed E-state index contributed by atoms with van der Waals surface area (Å²) in [5, 5.41) is 3.29. The second kappa shape index (κ2) is 4.56. The number of hydrogen-bond donors (Lipinski definition) is 1. The number of nitrogens with one attached hydrogen (secondary N) is 1. The minimum absolute atomic E-state index is 0.103. The van der Waals surface area contributed by atoms with Crippen molar-refractivity contribution in [1.82, 2.24) is 0 Å². The number of alkyl halides is 3. The zero-order valence-electron chi connectivity index (χ0n) is 9.51. The average molecular weight is 267 g/mol. The van der Waals surface area contributed by atoms with Crippen molar-refractivity contribution in [3.05, 3.63) is 17.0 Å². The number of hydrogen-bond acceptors (Lipinski definition) is 3. The molecule has 0 fully saturated rings. The summed E-state index contributed by atoms with van der Waals surface area (Å²) < 4.78 is 41.7. The van der Waals surface area contributed by atoms with Gasteiger partial charge in [-0.05, 0) is 26.8 Å². The number of carbonyl (C=O) groups excluding carboxylic acids is 1. The van der Waals surface area contributed by atoms with Gasteiger partial charge in [-0.15, -0.1) is 11.3 Å². The van der Waals surface area contributed by atoms with Crippen molar-refractivity contribution in [2.24, 2.45) is 0 Å². The largest absolute Gasteiger partial charge is 0.444 e. The minimum atomic E-state index is -4.40. The van der Waals surface area contributed by atoms with Crippen LogP contribution < -0.4 is 5.32 Å². The van der Waals surface area contributed by atoms with Gasteiger partial charge in [0.05, 0.1) is 10.6 Å². The smallest absolute Gasteiger partial charge is 0.417 e. The van der Waals surface area contributed by atoms with Gasteiger partial charge in [0.2, 0.25) is 0 Å². The van der Waals surface area contributed by atoms with Crippen LogP contribution in [0.5, 0.6) is 0 Å². The Morgan fingerprint density at radius 3 is 2.35 bits per heavy atom. The highest BCUT2D eigenvalue weighted by molar-refractivity contribution is 7.14. The van der Waals surface area contributed by atoms with Crippen LogP contribution in [0.15, 0.2) is 11.4 Å². The van der Waals surface area contributed by atoms with Crippen LogP contribution in [0.1, 0.15) is 26.3 Å². The Bertz CT molecular complexity index is 406. The number of halogens is 3. The molecular weight excluding hydrogens is 255 g/mol. The van der Waals surface area contributed by atoms with Gasteiger partial charge >= 0.3 is 12.3 Å². The fourth-order valence-corrected chi connectivity index (χ4v) is 1.75. The van der Waals surface area contributed by atoms with Crippen LogP contribution in [0.25, 0.3) is 0 Å². The van der Waals surface area contributed by atoms with Crippen molar-refractivity contribution >= 4 is 22.4 Å². The number of ether oxygens (including phenoxy) is 1. The molecule has 1 aromatic rings. The molecule has 0 aliphatic rings. The van der Waals surface area contributed by atoms with Gasteiger partial charge in [-0.3, -0.25) is 5.32 Å². The Hall–Kier alpha value is -1.24. The first-order valence-corrected chi connectivity index (χ1v) is 5.61. The molecule has 0 atom stereocenters. The third-order valence-corrected chi connectivity index (χ3v) is 2.40. The summed E-state index contributed by atoms with van der Waals surface area (Å²) in [7, 11) is 0. The average Bonchev–Trinajstić information content (AvgIpc) is 2.47. The molecule has 0 bridgehead atoms. The van der Waals surface area contributed by atoms with E-state index in [0.29, 0.717) is 0 Å². The van der Waals surface area contributed by atoms with Crippen LogP contribution in [0.3, 0.4) is 0 Å². The van der Waals surface area contributed by atoms with Crippen molar-refractivity contribution in [2.75, 3.05) is 5.32 Å². The van der Waals surface area contributed by atoms with Crippen LogP contribution in [0, 0.1) is 0 Å². The second-order valence-corrected chi connectivity index (χ2v) is 5.24. The highest BCUT2D eigenvalue weighted by Crippen LogP contribution is 2.34. The van der Waals surface area contributed by atoms with Crippen LogP contribution >= 0.6 is 11.3 Å². The van der Waals surface area contributed by atoms with E-state index in [4.69, 9.17) is 4.74 Å². The van der Waals surface area contributed by atoms with Gasteiger partial charge < -0.3 is 4.74 Å². The summed E-state index contributed by atoms with van der Waals surface area (Å²) in [6, 6.07) is 0.870. The topological polar surface area (TPSA) is 38.3 Å². The van der Waals surface area contributed by atoms with Crippen molar-refractivity contribution in [1.29, 1.82) is 0 Å². The van der Waals surface area contributed by atoms with Crippen LogP contribution in [-0.4, -0.2) is 11.7 Å². The molecule has 17 heavy (non-hydrogen) atoms. The fourth-order valence-electron chi connectivity index (χ4n) is 0.955. The van der Waals surface area contributed by atoms with Gasteiger partial charge in [-0.25, -0.2) is 4.79 Å². The monoisotopic (exact) mass is 267 g/mol. The number of anilines is 1. The third kappa shape index (κ3) is 4.64. The lowest BCUT2D eigenvalue weighted by molar-refractivity contribution is -0.137. The number of amides is 1. The molecule has 0 aromatic carbocycles. The summed E-state index contributed by atoms with van der Waals surface area (Å²) in [5.41, 5.74) is -1.47. The lowest BCUT2D eigenvalue weighted by atomic mass is 10.2. The van der Waals surface area contributed by atoms with Crippen LogP contribution in [0.4, 0.5) is 23.0 Å². The molecule has 1 heterocycles. The van der Waals surface area contributed by atoms with E-state index in [-0.39, 0.29) is 5.00 Å². The highest BCUT2D eigenvalue weighted by atomic mass is 32.1. The molecule has 0 aliphatic carbocycles. The maximum absolute atomic E-state index is 12.3. The van der Waals surface area contributed by atoms with E-state index in [1.54, 1.807) is 20.8 Å². The molecule has 0 unspecified atom stereocenters. The van der Waals surface area contributed by atoms with Gasteiger partial charge in [0.15, 0.2) is 0 Å². The van der Waals surface area contributed by atoms with Crippen molar-refractivity contribution < 1.29 is 22.7 Å². The van der Waals surface area contributed by atoms with E-state index in [0.717, 1.165) is 22.8 Å².